The summed E-state index contributed by atoms with van der Waals surface area (Å²) in [5.41, 5.74) is 2.38. The molecule has 0 atom stereocenters. The number of nitrogens with one attached hydrogen (secondary N) is 3. The fraction of sp³-hybridized carbons (Fsp3) is 0.200. The van der Waals surface area contributed by atoms with E-state index in [2.05, 4.69) is 25.9 Å². The molecule has 0 aliphatic heterocycles. The molecular formula is C20H22FN5O2. The van der Waals surface area contributed by atoms with Gasteiger partial charge in [0.25, 0.3) is 0 Å². The minimum Gasteiger partial charge on any atom is -0.491 e. The van der Waals surface area contributed by atoms with Gasteiger partial charge in [-0.3, -0.25) is 0 Å². The lowest BCUT2D eigenvalue weighted by molar-refractivity contribution is 0.146. The number of aromatic nitrogens is 2. The minimum absolute atomic E-state index is 0.0882. The molecular weight excluding hydrogens is 361 g/mol. The average Bonchev–Trinajstić information content (AvgIpc) is 2.72. The third-order valence-corrected chi connectivity index (χ3v) is 3.82. The summed E-state index contributed by atoms with van der Waals surface area (Å²) in [6, 6.07) is 14.8. The van der Waals surface area contributed by atoms with Crippen LogP contribution in [-0.2, 0) is 4.74 Å². The second-order valence-electron chi connectivity index (χ2n) is 5.84. The van der Waals surface area contributed by atoms with E-state index in [1.165, 1.54) is 0 Å². The molecule has 0 fully saturated rings. The smallest absolute Gasteiger partial charge is 0.229 e. The van der Waals surface area contributed by atoms with Gasteiger partial charge in [-0.05, 0) is 42.5 Å². The van der Waals surface area contributed by atoms with Crippen LogP contribution in [0.25, 0.3) is 0 Å². The molecule has 146 valence electrons. The highest BCUT2D eigenvalue weighted by molar-refractivity contribution is 5.64. The van der Waals surface area contributed by atoms with Crippen LogP contribution in [0, 0.1) is 5.82 Å². The monoisotopic (exact) mass is 383 g/mol. The topological polar surface area (TPSA) is 80.3 Å². The molecule has 0 aliphatic rings. The van der Waals surface area contributed by atoms with Crippen molar-refractivity contribution in [1.82, 2.24) is 9.97 Å². The molecule has 3 aromatic rings. The summed E-state index contributed by atoms with van der Waals surface area (Å²) >= 11 is 0. The molecule has 0 saturated carbocycles. The highest BCUT2D eigenvalue weighted by Gasteiger charge is 2.08. The van der Waals surface area contributed by atoms with E-state index in [0.29, 0.717) is 18.9 Å². The molecule has 0 aliphatic carbocycles. The highest BCUT2D eigenvalue weighted by Crippen LogP contribution is 2.23. The van der Waals surface area contributed by atoms with Gasteiger partial charge in [-0.1, -0.05) is 6.07 Å². The molecule has 8 heteroatoms. The Kier molecular flexibility index (Phi) is 6.59. The minimum atomic E-state index is -0.540. The van der Waals surface area contributed by atoms with Crippen LogP contribution in [0.5, 0.6) is 5.75 Å². The number of hydrogen-bond acceptors (Lipinski definition) is 7. The Morgan fingerprint density at radius 1 is 0.964 bits per heavy atom. The van der Waals surface area contributed by atoms with E-state index in [0.717, 1.165) is 23.3 Å². The van der Waals surface area contributed by atoms with Crippen LogP contribution in [0.3, 0.4) is 0 Å². The Morgan fingerprint density at radius 2 is 1.75 bits per heavy atom. The van der Waals surface area contributed by atoms with Gasteiger partial charge in [-0.2, -0.15) is 4.98 Å². The van der Waals surface area contributed by atoms with Gasteiger partial charge in [0.05, 0.1) is 12.8 Å². The second-order valence-corrected chi connectivity index (χ2v) is 5.84. The zero-order valence-electron chi connectivity index (χ0n) is 15.7. The van der Waals surface area contributed by atoms with Crippen molar-refractivity contribution >= 4 is 28.8 Å². The number of methoxy groups -OCH3 is 1. The van der Waals surface area contributed by atoms with Crippen LogP contribution in [0.4, 0.5) is 33.2 Å². The SMILES string of the molecule is CNc1cccc(Nc2nc(Nc3ccc(OCCOC)cc3)ncc2F)c1. The van der Waals surface area contributed by atoms with Gasteiger partial charge in [-0.25, -0.2) is 9.37 Å². The predicted molar refractivity (Wildman–Crippen MR) is 108 cm³/mol. The molecule has 0 spiro atoms. The first-order valence-electron chi connectivity index (χ1n) is 8.74. The lowest BCUT2D eigenvalue weighted by Crippen LogP contribution is -2.05. The summed E-state index contributed by atoms with van der Waals surface area (Å²) in [7, 11) is 3.44. The first kappa shape index (κ1) is 19.4. The van der Waals surface area contributed by atoms with Crippen molar-refractivity contribution in [2.24, 2.45) is 0 Å². The Bertz CT molecular complexity index is 905. The van der Waals surface area contributed by atoms with Crippen LogP contribution in [-0.4, -0.2) is 37.3 Å². The molecule has 2 aromatic carbocycles. The van der Waals surface area contributed by atoms with E-state index in [1.54, 1.807) is 7.11 Å². The Labute approximate surface area is 162 Å². The largest absolute Gasteiger partial charge is 0.491 e. The summed E-state index contributed by atoms with van der Waals surface area (Å²) in [5.74, 6) is 0.559. The summed E-state index contributed by atoms with van der Waals surface area (Å²) in [6.07, 6.45) is 1.13. The van der Waals surface area contributed by atoms with Gasteiger partial charge < -0.3 is 25.4 Å². The maximum atomic E-state index is 14.1. The molecule has 7 nitrogen and oxygen atoms in total. The van der Waals surface area contributed by atoms with Crippen molar-refractivity contribution in [3.63, 3.8) is 0 Å². The number of hydrogen-bond donors (Lipinski definition) is 3. The molecule has 1 aromatic heterocycles. The summed E-state index contributed by atoms with van der Waals surface area (Å²) < 4.78 is 24.6. The Balaban J connectivity index is 1.68. The quantitative estimate of drug-likeness (QED) is 0.479. The highest BCUT2D eigenvalue weighted by atomic mass is 19.1. The normalized spacial score (nSPS) is 10.4. The molecule has 0 amide bonds. The molecule has 1 heterocycles. The van der Waals surface area contributed by atoms with E-state index >= 15 is 0 Å². The van der Waals surface area contributed by atoms with Crippen LogP contribution in [0.1, 0.15) is 0 Å². The summed E-state index contributed by atoms with van der Waals surface area (Å²) in [5, 5.41) is 9.06. The van der Waals surface area contributed by atoms with E-state index in [9.17, 15) is 4.39 Å². The van der Waals surface area contributed by atoms with Gasteiger partial charge in [0, 0.05) is 31.2 Å². The second kappa shape index (κ2) is 9.52. The third kappa shape index (κ3) is 5.31. The van der Waals surface area contributed by atoms with E-state index in [-0.39, 0.29) is 11.8 Å². The Morgan fingerprint density at radius 3 is 2.50 bits per heavy atom. The molecule has 0 bridgehead atoms. The zero-order chi connectivity index (χ0) is 19.8. The summed E-state index contributed by atoms with van der Waals surface area (Å²) in [6.45, 7) is 1.00. The number of nitrogens with zero attached hydrogens (tertiary/aromatic N) is 2. The van der Waals surface area contributed by atoms with Crippen LogP contribution >= 0.6 is 0 Å². The molecule has 0 unspecified atom stereocenters. The first-order valence-corrected chi connectivity index (χ1v) is 8.74. The number of ether oxygens (including phenoxy) is 2. The molecule has 0 radical (unpaired) electrons. The van der Waals surface area contributed by atoms with Gasteiger partial charge >= 0.3 is 0 Å². The van der Waals surface area contributed by atoms with Crippen LogP contribution < -0.4 is 20.7 Å². The first-order chi connectivity index (χ1) is 13.7. The van der Waals surface area contributed by atoms with E-state index < -0.39 is 5.82 Å². The summed E-state index contributed by atoms with van der Waals surface area (Å²) in [4.78, 5) is 8.22. The van der Waals surface area contributed by atoms with E-state index in [4.69, 9.17) is 9.47 Å². The van der Waals surface area contributed by atoms with Crippen molar-refractivity contribution < 1.29 is 13.9 Å². The van der Waals surface area contributed by atoms with Gasteiger partial charge in [0.2, 0.25) is 5.95 Å². The van der Waals surface area contributed by atoms with E-state index in [1.807, 2.05) is 55.6 Å². The zero-order valence-corrected chi connectivity index (χ0v) is 15.7. The lowest BCUT2D eigenvalue weighted by atomic mass is 10.3. The number of rotatable bonds is 9. The van der Waals surface area contributed by atoms with Crippen molar-refractivity contribution in [2.75, 3.05) is 43.3 Å². The molecule has 3 N–H and O–H groups in total. The lowest BCUT2D eigenvalue weighted by Gasteiger charge is -2.11. The van der Waals surface area contributed by atoms with Crippen molar-refractivity contribution in [1.29, 1.82) is 0 Å². The van der Waals surface area contributed by atoms with Crippen molar-refractivity contribution in [3.05, 3.63) is 60.5 Å². The fourth-order valence-electron chi connectivity index (χ4n) is 2.41. The van der Waals surface area contributed by atoms with Crippen molar-refractivity contribution in [2.45, 2.75) is 0 Å². The van der Waals surface area contributed by atoms with Gasteiger partial charge in [-0.15, -0.1) is 0 Å². The van der Waals surface area contributed by atoms with Gasteiger partial charge in [0.15, 0.2) is 11.6 Å². The molecule has 0 saturated heterocycles. The molecule has 3 rings (SSSR count). The van der Waals surface area contributed by atoms with Gasteiger partial charge in [0.1, 0.15) is 12.4 Å². The standard InChI is InChI=1S/C20H22FN5O2/c1-22-15-4-3-5-16(12-15)24-19-18(21)13-23-20(26-19)25-14-6-8-17(9-7-14)28-11-10-27-2/h3-9,12-13,22H,10-11H2,1-2H3,(H2,23,24,25,26). The number of halogens is 1. The Hall–Kier alpha value is -3.39. The maximum Gasteiger partial charge on any atom is 0.229 e. The predicted octanol–water partition coefficient (Wildman–Crippen LogP) is 4.17. The third-order valence-electron chi connectivity index (χ3n) is 3.82. The fourth-order valence-corrected chi connectivity index (χ4v) is 2.41. The molecule has 28 heavy (non-hydrogen) atoms. The van der Waals surface area contributed by atoms with Crippen molar-refractivity contribution in [3.8, 4) is 5.75 Å². The average molecular weight is 383 g/mol. The number of benzene rings is 2. The van der Waals surface area contributed by atoms with Crippen LogP contribution in [0.2, 0.25) is 0 Å². The number of anilines is 5. The van der Waals surface area contributed by atoms with Crippen LogP contribution in [0.15, 0.2) is 54.7 Å². The maximum absolute atomic E-state index is 14.1.